The highest BCUT2D eigenvalue weighted by Crippen LogP contribution is 2.32. The van der Waals surface area contributed by atoms with Crippen molar-refractivity contribution >= 4 is 0 Å². The maximum Gasteiger partial charge on any atom is 0.0568 e. The lowest BCUT2D eigenvalue weighted by molar-refractivity contribution is -0.0671. The minimum atomic E-state index is 0.139. The molecule has 1 aliphatic heterocycles. The second-order valence-electron chi connectivity index (χ2n) is 5.47. The van der Waals surface area contributed by atoms with Crippen LogP contribution in [-0.4, -0.2) is 30.8 Å². The molecule has 3 nitrogen and oxygen atoms in total. The zero-order valence-corrected chi connectivity index (χ0v) is 9.96. The van der Waals surface area contributed by atoms with Gasteiger partial charge in [0.2, 0.25) is 0 Å². The third kappa shape index (κ3) is 2.92. The summed E-state index contributed by atoms with van der Waals surface area (Å²) in [5.41, 5.74) is 6.09. The molecule has 88 valence electrons. The topological polar surface area (TPSA) is 47.3 Å². The fourth-order valence-electron chi connectivity index (χ4n) is 2.74. The summed E-state index contributed by atoms with van der Waals surface area (Å²) in [4.78, 5) is 0. The molecule has 2 unspecified atom stereocenters. The van der Waals surface area contributed by atoms with Crippen molar-refractivity contribution in [3.05, 3.63) is 0 Å². The van der Waals surface area contributed by atoms with Crippen LogP contribution in [0.2, 0.25) is 0 Å². The number of hydrogen-bond donors (Lipinski definition) is 2. The lowest BCUT2D eigenvalue weighted by Gasteiger charge is -2.43. The van der Waals surface area contributed by atoms with Gasteiger partial charge in [-0.3, -0.25) is 0 Å². The molecule has 0 spiro atoms. The molecule has 1 heterocycles. The molecule has 2 aliphatic rings. The fraction of sp³-hybridized carbons (Fsp3) is 1.00. The van der Waals surface area contributed by atoms with Crippen molar-refractivity contribution in [3.8, 4) is 0 Å². The lowest BCUT2D eigenvalue weighted by Crippen LogP contribution is -2.58. The van der Waals surface area contributed by atoms with E-state index in [4.69, 9.17) is 10.5 Å². The van der Waals surface area contributed by atoms with E-state index < -0.39 is 0 Å². The van der Waals surface area contributed by atoms with E-state index in [2.05, 4.69) is 19.2 Å². The van der Waals surface area contributed by atoms with Crippen molar-refractivity contribution in [2.75, 3.05) is 13.1 Å². The van der Waals surface area contributed by atoms with E-state index in [-0.39, 0.29) is 5.54 Å². The molecular formula is C12H24N2O. The molecule has 3 N–H and O–H groups in total. The minimum Gasteiger partial charge on any atom is -0.375 e. The van der Waals surface area contributed by atoms with Gasteiger partial charge in [0.1, 0.15) is 0 Å². The number of rotatable bonds is 4. The Balaban J connectivity index is 1.91. The van der Waals surface area contributed by atoms with Crippen LogP contribution in [0.4, 0.5) is 0 Å². The Morgan fingerprint density at radius 2 is 1.87 bits per heavy atom. The molecule has 3 heteroatoms. The SMILES string of the molecule is CC1CC(CN)(NCC2CC2)CC(C)O1. The zero-order chi connectivity index (χ0) is 10.9. The molecular weight excluding hydrogens is 188 g/mol. The van der Waals surface area contributed by atoms with Crippen LogP contribution in [-0.2, 0) is 4.74 Å². The van der Waals surface area contributed by atoms with E-state index in [0.29, 0.717) is 12.2 Å². The van der Waals surface area contributed by atoms with Gasteiger partial charge in [-0.2, -0.15) is 0 Å². The van der Waals surface area contributed by atoms with Crippen LogP contribution < -0.4 is 11.1 Å². The van der Waals surface area contributed by atoms with Gasteiger partial charge in [-0.1, -0.05) is 0 Å². The third-order valence-electron chi connectivity index (χ3n) is 3.67. The van der Waals surface area contributed by atoms with Crippen LogP contribution >= 0.6 is 0 Å². The Morgan fingerprint density at radius 3 is 2.33 bits per heavy atom. The number of ether oxygens (including phenoxy) is 1. The lowest BCUT2D eigenvalue weighted by atomic mass is 9.84. The highest BCUT2D eigenvalue weighted by molar-refractivity contribution is 4.96. The van der Waals surface area contributed by atoms with E-state index in [9.17, 15) is 0 Å². The van der Waals surface area contributed by atoms with Gasteiger partial charge >= 0.3 is 0 Å². The van der Waals surface area contributed by atoms with Crippen LogP contribution in [0.25, 0.3) is 0 Å². The van der Waals surface area contributed by atoms with Crippen LogP contribution in [0.15, 0.2) is 0 Å². The van der Waals surface area contributed by atoms with Crippen molar-refractivity contribution in [1.29, 1.82) is 0 Å². The Kier molecular flexibility index (Phi) is 3.33. The van der Waals surface area contributed by atoms with Crippen molar-refractivity contribution < 1.29 is 4.74 Å². The van der Waals surface area contributed by atoms with E-state index in [0.717, 1.165) is 31.8 Å². The van der Waals surface area contributed by atoms with Crippen LogP contribution in [0.5, 0.6) is 0 Å². The quantitative estimate of drug-likeness (QED) is 0.738. The van der Waals surface area contributed by atoms with E-state index in [1.54, 1.807) is 0 Å². The Hall–Kier alpha value is -0.120. The third-order valence-corrected chi connectivity index (χ3v) is 3.67. The smallest absolute Gasteiger partial charge is 0.0568 e. The van der Waals surface area contributed by atoms with Crippen molar-refractivity contribution in [2.45, 2.75) is 57.3 Å². The van der Waals surface area contributed by atoms with Gasteiger partial charge in [0, 0.05) is 12.1 Å². The molecule has 2 fully saturated rings. The number of nitrogens with two attached hydrogens (primary N) is 1. The number of hydrogen-bond acceptors (Lipinski definition) is 3. The maximum atomic E-state index is 5.95. The van der Waals surface area contributed by atoms with Gasteiger partial charge in [-0.15, -0.1) is 0 Å². The second-order valence-corrected chi connectivity index (χ2v) is 5.47. The first-order valence-corrected chi connectivity index (χ1v) is 6.24. The molecule has 1 saturated carbocycles. The summed E-state index contributed by atoms with van der Waals surface area (Å²) in [6.45, 7) is 6.19. The highest BCUT2D eigenvalue weighted by Gasteiger charge is 2.38. The molecule has 0 bridgehead atoms. The highest BCUT2D eigenvalue weighted by atomic mass is 16.5. The van der Waals surface area contributed by atoms with Gasteiger partial charge in [0.25, 0.3) is 0 Å². The van der Waals surface area contributed by atoms with Crippen molar-refractivity contribution in [2.24, 2.45) is 11.7 Å². The van der Waals surface area contributed by atoms with Gasteiger partial charge in [0.05, 0.1) is 12.2 Å². The molecule has 0 aromatic heterocycles. The second kappa shape index (κ2) is 4.40. The molecule has 15 heavy (non-hydrogen) atoms. The van der Waals surface area contributed by atoms with E-state index in [1.165, 1.54) is 12.8 Å². The van der Waals surface area contributed by atoms with Gasteiger partial charge in [-0.25, -0.2) is 0 Å². The predicted molar refractivity (Wildman–Crippen MR) is 61.8 cm³/mol. The van der Waals surface area contributed by atoms with Crippen LogP contribution in [0, 0.1) is 5.92 Å². The van der Waals surface area contributed by atoms with E-state index in [1.807, 2.05) is 0 Å². The largest absolute Gasteiger partial charge is 0.375 e. The zero-order valence-electron chi connectivity index (χ0n) is 9.96. The van der Waals surface area contributed by atoms with E-state index >= 15 is 0 Å². The first-order valence-electron chi connectivity index (χ1n) is 6.24. The molecule has 0 radical (unpaired) electrons. The summed E-state index contributed by atoms with van der Waals surface area (Å²) in [7, 11) is 0. The first-order chi connectivity index (χ1) is 7.13. The molecule has 0 aromatic carbocycles. The summed E-state index contributed by atoms with van der Waals surface area (Å²) in [6.07, 6.45) is 5.58. The maximum absolute atomic E-state index is 5.95. The van der Waals surface area contributed by atoms with Gasteiger partial charge < -0.3 is 15.8 Å². The monoisotopic (exact) mass is 212 g/mol. The number of nitrogens with one attached hydrogen (secondary N) is 1. The Labute approximate surface area is 92.7 Å². The first kappa shape index (κ1) is 11.4. The summed E-state index contributed by atoms with van der Waals surface area (Å²) in [5, 5.41) is 3.70. The van der Waals surface area contributed by atoms with Gasteiger partial charge in [-0.05, 0) is 52.0 Å². The summed E-state index contributed by atoms with van der Waals surface area (Å²) in [5.74, 6) is 0.918. The van der Waals surface area contributed by atoms with Gasteiger partial charge in [0.15, 0.2) is 0 Å². The summed E-state index contributed by atoms with van der Waals surface area (Å²) < 4.78 is 5.77. The summed E-state index contributed by atoms with van der Waals surface area (Å²) >= 11 is 0. The molecule has 2 atom stereocenters. The van der Waals surface area contributed by atoms with Crippen LogP contribution in [0.1, 0.15) is 39.5 Å². The average Bonchev–Trinajstić information content (AvgIpc) is 2.97. The molecule has 0 aromatic rings. The average molecular weight is 212 g/mol. The predicted octanol–water partition coefficient (Wildman–Crippen LogP) is 1.27. The fourth-order valence-corrected chi connectivity index (χ4v) is 2.74. The molecule has 1 saturated heterocycles. The van der Waals surface area contributed by atoms with Crippen LogP contribution in [0.3, 0.4) is 0 Å². The Bertz CT molecular complexity index is 206. The van der Waals surface area contributed by atoms with Crippen molar-refractivity contribution in [3.63, 3.8) is 0 Å². The standard InChI is InChI=1S/C12H24N2O/c1-9-5-12(8-13,6-10(2)15-9)14-7-11-3-4-11/h9-11,14H,3-8,13H2,1-2H3. The van der Waals surface area contributed by atoms with Crippen molar-refractivity contribution in [1.82, 2.24) is 5.32 Å². The molecule has 0 amide bonds. The molecule has 2 rings (SSSR count). The Morgan fingerprint density at radius 1 is 1.27 bits per heavy atom. The molecule has 1 aliphatic carbocycles. The summed E-state index contributed by atoms with van der Waals surface area (Å²) in [6, 6.07) is 0. The normalized spacial score (nSPS) is 41.8. The minimum absolute atomic E-state index is 0.139.